The van der Waals surface area contributed by atoms with Crippen LogP contribution in [0.5, 0.6) is 5.75 Å². The molecule has 1 N–H and O–H groups in total. The maximum absolute atomic E-state index is 12.0. The summed E-state index contributed by atoms with van der Waals surface area (Å²) in [5.74, 6) is 0.389. The van der Waals surface area contributed by atoms with Gasteiger partial charge in [-0.15, -0.1) is 13.2 Å². The lowest BCUT2D eigenvalue weighted by Gasteiger charge is -2.11. The average Bonchev–Trinajstić information content (AvgIpc) is 2.33. The summed E-state index contributed by atoms with van der Waals surface area (Å²) in [6.07, 6.45) is -3.64. The fourth-order valence-corrected chi connectivity index (χ4v) is 1.46. The third-order valence-corrected chi connectivity index (χ3v) is 2.50. The Balaban J connectivity index is 2.21. The molecule has 0 aliphatic carbocycles. The molecule has 0 fully saturated rings. The largest absolute Gasteiger partial charge is 0.573 e. The fourth-order valence-electron chi connectivity index (χ4n) is 1.46. The highest BCUT2D eigenvalue weighted by Gasteiger charge is 2.30. The molecule has 6 heteroatoms. The molecular formula is C14H20F3NO2. The van der Waals surface area contributed by atoms with Crippen molar-refractivity contribution in [2.45, 2.75) is 26.6 Å². The van der Waals surface area contributed by atoms with Crippen molar-refractivity contribution in [2.75, 3.05) is 25.1 Å². The molecule has 0 aliphatic rings. The summed E-state index contributed by atoms with van der Waals surface area (Å²) in [5.41, 5.74) is 0.729. The molecule has 1 rings (SSSR count). The molecule has 0 bridgehead atoms. The number of halogens is 3. The monoisotopic (exact) mass is 291 g/mol. The third kappa shape index (κ3) is 7.89. The van der Waals surface area contributed by atoms with Crippen molar-refractivity contribution in [3.63, 3.8) is 0 Å². The second-order valence-corrected chi connectivity index (χ2v) is 4.79. The van der Waals surface area contributed by atoms with Crippen LogP contribution in [0, 0.1) is 5.92 Å². The molecule has 1 aromatic rings. The first kappa shape index (κ1) is 16.6. The van der Waals surface area contributed by atoms with Gasteiger partial charge in [-0.2, -0.15) is 0 Å². The Morgan fingerprint density at radius 1 is 1.10 bits per heavy atom. The molecule has 20 heavy (non-hydrogen) atoms. The predicted molar refractivity (Wildman–Crippen MR) is 71.9 cm³/mol. The summed E-state index contributed by atoms with van der Waals surface area (Å²) in [6.45, 7) is 6.15. The summed E-state index contributed by atoms with van der Waals surface area (Å²) < 4.78 is 45.1. The smallest absolute Gasteiger partial charge is 0.406 e. The highest BCUT2D eigenvalue weighted by Crippen LogP contribution is 2.23. The van der Waals surface area contributed by atoms with E-state index in [9.17, 15) is 13.2 Å². The van der Waals surface area contributed by atoms with Crippen molar-refractivity contribution in [2.24, 2.45) is 5.92 Å². The van der Waals surface area contributed by atoms with E-state index in [1.807, 2.05) is 0 Å². The van der Waals surface area contributed by atoms with Gasteiger partial charge in [0.05, 0.1) is 6.61 Å². The Labute approximate surface area is 117 Å². The van der Waals surface area contributed by atoms with Crippen LogP contribution in [-0.4, -0.2) is 26.1 Å². The molecule has 0 atom stereocenters. The number of alkyl halides is 3. The second-order valence-electron chi connectivity index (χ2n) is 4.79. The van der Waals surface area contributed by atoms with Crippen LogP contribution < -0.4 is 10.1 Å². The van der Waals surface area contributed by atoms with Crippen molar-refractivity contribution < 1.29 is 22.6 Å². The van der Waals surface area contributed by atoms with E-state index >= 15 is 0 Å². The van der Waals surface area contributed by atoms with Crippen LogP contribution in [-0.2, 0) is 4.74 Å². The van der Waals surface area contributed by atoms with Gasteiger partial charge in [0.2, 0.25) is 0 Å². The predicted octanol–water partition coefficient (Wildman–Crippen LogP) is 4.06. The minimum absolute atomic E-state index is 0.226. The molecule has 0 saturated carbocycles. The van der Waals surface area contributed by atoms with Gasteiger partial charge < -0.3 is 14.8 Å². The third-order valence-electron chi connectivity index (χ3n) is 2.50. The number of rotatable bonds is 8. The molecule has 0 saturated heterocycles. The zero-order valence-corrected chi connectivity index (χ0v) is 11.7. The van der Waals surface area contributed by atoms with E-state index in [2.05, 4.69) is 23.9 Å². The maximum Gasteiger partial charge on any atom is 0.573 e. The van der Waals surface area contributed by atoms with Gasteiger partial charge in [-0.3, -0.25) is 0 Å². The van der Waals surface area contributed by atoms with E-state index in [4.69, 9.17) is 4.74 Å². The first-order chi connectivity index (χ1) is 9.37. The molecule has 3 nitrogen and oxygen atoms in total. The van der Waals surface area contributed by atoms with Crippen molar-refractivity contribution in [1.82, 2.24) is 0 Å². The van der Waals surface area contributed by atoms with Crippen LogP contribution in [0.25, 0.3) is 0 Å². The van der Waals surface area contributed by atoms with Crippen LogP contribution >= 0.6 is 0 Å². The van der Waals surface area contributed by atoms with Crippen LogP contribution in [0.3, 0.4) is 0 Å². The molecule has 0 amide bonds. The highest BCUT2D eigenvalue weighted by atomic mass is 19.4. The van der Waals surface area contributed by atoms with Gasteiger partial charge in [0, 0.05) is 18.8 Å². The van der Waals surface area contributed by atoms with E-state index in [0.717, 1.165) is 18.7 Å². The van der Waals surface area contributed by atoms with Crippen LogP contribution in [0.2, 0.25) is 0 Å². The highest BCUT2D eigenvalue weighted by molar-refractivity contribution is 5.46. The zero-order valence-electron chi connectivity index (χ0n) is 11.7. The lowest BCUT2D eigenvalue weighted by molar-refractivity contribution is -0.274. The molecule has 0 aliphatic heterocycles. The summed E-state index contributed by atoms with van der Waals surface area (Å²) in [5, 5.41) is 3.06. The summed E-state index contributed by atoms with van der Waals surface area (Å²) >= 11 is 0. The van der Waals surface area contributed by atoms with Crippen molar-refractivity contribution in [1.29, 1.82) is 0 Å². The molecule has 0 unspecified atom stereocenters. The molecule has 0 heterocycles. The summed E-state index contributed by atoms with van der Waals surface area (Å²) in [6, 6.07) is 5.62. The number of nitrogens with one attached hydrogen (secondary N) is 1. The van der Waals surface area contributed by atoms with Crippen LogP contribution in [0.4, 0.5) is 18.9 Å². The van der Waals surface area contributed by atoms with Gasteiger partial charge in [-0.1, -0.05) is 13.8 Å². The molecule has 114 valence electrons. The lowest BCUT2D eigenvalue weighted by Crippen LogP contribution is -2.17. The quantitative estimate of drug-likeness (QED) is 0.733. The first-order valence-electron chi connectivity index (χ1n) is 6.54. The molecule has 0 radical (unpaired) electrons. The van der Waals surface area contributed by atoms with Crippen molar-refractivity contribution in [3.8, 4) is 5.75 Å². The number of ether oxygens (including phenoxy) is 2. The maximum atomic E-state index is 12.0. The van der Waals surface area contributed by atoms with E-state index in [-0.39, 0.29) is 5.75 Å². The first-order valence-corrected chi connectivity index (χ1v) is 6.54. The van der Waals surface area contributed by atoms with Gasteiger partial charge in [-0.05, 0) is 36.6 Å². The molecule has 0 aromatic heterocycles. The summed E-state index contributed by atoms with van der Waals surface area (Å²) in [4.78, 5) is 0. The van der Waals surface area contributed by atoms with Gasteiger partial charge in [0.1, 0.15) is 5.75 Å². The SMILES string of the molecule is CC(C)CCOCCNc1ccc(OC(F)(F)F)cc1. The molecule has 1 aromatic carbocycles. The van der Waals surface area contributed by atoms with Crippen molar-refractivity contribution >= 4 is 5.69 Å². The minimum Gasteiger partial charge on any atom is -0.406 e. The van der Waals surface area contributed by atoms with E-state index in [1.165, 1.54) is 24.3 Å². The molecular weight excluding hydrogens is 271 g/mol. The normalized spacial score (nSPS) is 11.7. The van der Waals surface area contributed by atoms with Crippen LogP contribution in [0.15, 0.2) is 24.3 Å². The Morgan fingerprint density at radius 2 is 1.75 bits per heavy atom. The van der Waals surface area contributed by atoms with Crippen molar-refractivity contribution in [3.05, 3.63) is 24.3 Å². The number of anilines is 1. The standard InChI is InChI=1S/C14H20F3NO2/c1-11(2)7-9-19-10-8-18-12-3-5-13(6-4-12)20-14(15,16)17/h3-6,11,18H,7-10H2,1-2H3. The van der Waals surface area contributed by atoms with Gasteiger partial charge >= 0.3 is 6.36 Å². The average molecular weight is 291 g/mol. The lowest BCUT2D eigenvalue weighted by atomic mass is 10.1. The topological polar surface area (TPSA) is 30.5 Å². The van der Waals surface area contributed by atoms with E-state index < -0.39 is 6.36 Å². The fraction of sp³-hybridized carbons (Fsp3) is 0.571. The number of hydrogen-bond acceptors (Lipinski definition) is 3. The zero-order chi connectivity index (χ0) is 15.0. The van der Waals surface area contributed by atoms with E-state index in [0.29, 0.717) is 19.1 Å². The van der Waals surface area contributed by atoms with Gasteiger partial charge in [-0.25, -0.2) is 0 Å². The Hall–Kier alpha value is -1.43. The van der Waals surface area contributed by atoms with Gasteiger partial charge in [0.15, 0.2) is 0 Å². The number of hydrogen-bond donors (Lipinski definition) is 1. The molecule has 0 spiro atoms. The van der Waals surface area contributed by atoms with Gasteiger partial charge in [0.25, 0.3) is 0 Å². The number of benzene rings is 1. The van der Waals surface area contributed by atoms with E-state index in [1.54, 1.807) is 0 Å². The Kier molecular flexibility index (Phi) is 6.64. The Morgan fingerprint density at radius 3 is 2.30 bits per heavy atom. The second kappa shape index (κ2) is 7.99. The summed E-state index contributed by atoms with van der Waals surface area (Å²) in [7, 11) is 0. The van der Waals surface area contributed by atoms with Crippen LogP contribution in [0.1, 0.15) is 20.3 Å². The minimum atomic E-state index is -4.65. The Bertz CT molecular complexity index is 377.